The molecule has 2 aliphatic heterocycles. The molecule has 1 aromatic heterocycles. The molecule has 0 radical (unpaired) electrons. The number of nitrogens with zero attached hydrogens (tertiary/aromatic N) is 2. The molecule has 0 atom stereocenters. The highest BCUT2D eigenvalue weighted by atomic mass is 19.1. The van der Waals surface area contributed by atoms with Gasteiger partial charge in [0.2, 0.25) is 0 Å². The molecule has 38 heavy (non-hydrogen) atoms. The molecule has 0 unspecified atom stereocenters. The molecule has 202 valence electrons. The van der Waals surface area contributed by atoms with Crippen LogP contribution in [0, 0.1) is 11.7 Å². The average molecular weight is 520 g/mol. The number of aromatic nitrogens is 1. The van der Waals surface area contributed by atoms with Crippen LogP contribution in [0.5, 0.6) is 5.75 Å². The molecule has 7 heteroatoms. The van der Waals surface area contributed by atoms with Gasteiger partial charge in [-0.15, -0.1) is 0 Å². The molecule has 0 saturated carbocycles. The first-order valence-corrected chi connectivity index (χ1v) is 13.6. The number of carbonyl (C=O) groups excluding carboxylic acids is 1. The van der Waals surface area contributed by atoms with Gasteiger partial charge in [0.15, 0.2) is 0 Å². The van der Waals surface area contributed by atoms with E-state index in [0.29, 0.717) is 18.7 Å². The number of nitrogens with one attached hydrogen (secondary N) is 1. The normalized spacial score (nSPS) is 17.8. The van der Waals surface area contributed by atoms with Crippen LogP contribution in [-0.4, -0.2) is 66.7 Å². The van der Waals surface area contributed by atoms with Crippen LogP contribution in [-0.2, 0) is 10.2 Å². The van der Waals surface area contributed by atoms with Gasteiger partial charge in [0.1, 0.15) is 11.6 Å². The van der Waals surface area contributed by atoms with Crippen molar-refractivity contribution >= 4 is 22.4 Å². The Morgan fingerprint density at radius 2 is 1.87 bits per heavy atom. The van der Waals surface area contributed by atoms with Crippen LogP contribution < -0.4 is 4.74 Å². The minimum Gasteiger partial charge on any atom is -0.494 e. The maximum Gasteiger partial charge on any atom is 0.257 e. The second-order valence-corrected chi connectivity index (χ2v) is 11.3. The van der Waals surface area contributed by atoms with Crippen LogP contribution in [0.2, 0.25) is 0 Å². The van der Waals surface area contributed by atoms with Gasteiger partial charge in [-0.1, -0.05) is 27.7 Å². The lowest BCUT2D eigenvalue weighted by atomic mass is 9.81. The van der Waals surface area contributed by atoms with E-state index >= 15 is 0 Å². The number of hydrogen-bond acceptors (Lipinski definition) is 4. The Kier molecular flexibility index (Phi) is 7.59. The Hall–Kier alpha value is -3.16. The number of rotatable bonds is 7. The first-order valence-electron chi connectivity index (χ1n) is 13.6. The second-order valence-electron chi connectivity index (χ2n) is 11.3. The van der Waals surface area contributed by atoms with E-state index in [-0.39, 0.29) is 23.1 Å². The fraction of sp³-hybridized carbons (Fsp3) is 0.452. The van der Waals surface area contributed by atoms with Crippen molar-refractivity contribution in [2.75, 3.05) is 46.0 Å². The zero-order valence-electron chi connectivity index (χ0n) is 22.9. The fourth-order valence-corrected chi connectivity index (χ4v) is 5.60. The van der Waals surface area contributed by atoms with E-state index in [2.05, 4.69) is 37.6 Å². The van der Waals surface area contributed by atoms with E-state index in [1.807, 2.05) is 41.4 Å². The highest BCUT2D eigenvalue weighted by molar-refractivity contribution is 5.97. The predicted molar refractivity (Wildman–Crippen MR) is 149 cm³/mol. The van der Waals surface area contributed by atoms with Crippen molar-refractivity contribution in [3.05, 3.63) is 71.3 Å². The molecule has 0 bridgehead atoms. The summed E-state index contributed by atoms with van der Waals surface area (Å²) >= 11 is 0. The van der Waals surface area contributed by atoms with E-state index in [4.69, 9.17) is 9.47 Å². The van der Waals surface area contributed by atoms with Crippen molar-refractivity contribution in [1.82, 2.24) is 14.8 Å². The number of aromatic amines is 1. The Bertz CT molecular complexity index is 1320. The molecule has 1 N–H and O–H groups in total. The third kappa shape index (κ3) is 5.49. The lowest BCUT2D eigenvalue weighted by molar-refractivity contribution is 0.0358. The van der Waals surface area contributed by atoms with E-state index in [1.165, 1.54) is 6.07 Å². The first kappa shape index (κ1) is 26.4. The number of allylic oxidation sites excluding steroid dienone is 1. The number of hydrogen-bond donors (Lipinski definition) is 1. The van der Waals surface area contributed by atoms with Gasteiger partial charge < -0.3 is 19.4 Å². The molecule has 5 rings (SSSR count). The van der Waals surface area contributed by atoms with Crippen molar-refractivity contribution in [3.63, 3.8) is 0 Å². The number of H-pyrrole nitrogens is 1. The third-order valence-electron chi connectivity index (χ3n) is 7.56. The molecule has 3 heterocycles. The molecule has 6 nitrogen and oxygen atoms in total. The van der Waals surface area contributed by atoms with Crippen LogP contribution in [0.25, 0.3) is 16.5 Å². The lowest BCUT2D eigenvalue weighted by Crippen LogP contribution is -2.37. The van der Waals surface area contributed by atoms with Gasteiger partial charge in [-0.05, 0) is 65.9 Å². The lowest BCUT2D eigenvalue weighted by Gasteiger charge is -2.29. The molecule has 1 saturated heterocycles. The molecular weight excluding hydrogens is 481 g/mol. The third-order valence-corrected chi connectivity index (χ3v) is 7.56. The van der Waals surface area contributed by atoms with Crippen LogP contribution in [0.4, 0.5) is 4.39 Å². The summed E-state index contributed by atoms with van der Waals surface area (Å²) < 4.78 is 25.3. The average Bonchev–Trinajstić information content (AvgIpc) is 3.23. The van der Waals surface area contributed by atoms with Gasteiger partial charge in [0, 0.05) is 60.0 Å². The summed E-state index contributed by atoms with van der Waals surface area (Å²) in [5, 5.41) is 1.00. The molecule has 2 aliphatic rings. The van der Waals surface area contributed by atoms with Crippen molar-refractivity contribution < 1.29 is 18.7 Å². The van der Waals surface area contributed by atoms with Gasteiger partial charge in [-0.25, -0.2) is 4.39 Å². The van der Waals surface area contributed by atoms with Crippen molar-refractivity contribution in [3.8, 4) is 5.75 Å². The van der Waals surface area contributed by atoms with Gasteiger partial charge >= 0.3 is 0 Å². The highest BCUT2D eigenvalue weighted by Gasteiger charge is 2.36. The van der Waals surface area contributed by atoms with Gasteiger partial charge in [0.25, 0.3) is 5.91 Å². The number of amides is 1. The van der Waals surface area contributed by atoms with E-state index in [9.17, 15) is 9.18 Å². The van der Waals surface area contributed by atoms with Crippen LogP contribution in [0.3, 0.4) is 0 Å². The van der Waals surface area contributed by atoms with Gasteiger partial charge in [-0.3, -0.25) is 9.69 Å². The molecular formula is C31H38FN3O3. The zero-order chi connectivity index (χ0) is 26.9. The van der Waals surface area contributed by atoms with Crippen molar-refractivity contribution in [2.45, 2.75) is 39.5 Å². The maximum atomic E-state index is 14.0. The number of benzene rings is 2. The van der Waals surface area contributed by atoms with Gasteiger partial charge in [-0.2, -0.15) is 0 Å². The van der Waals surface area contributed by atoms with E-state index in [0.717, 1.165) is 72.8 Å². The zero-order valence-corrected chi connectivity index (χ0v) is 22.9. The number of morpholine rings is 1. The molecule has 1 fully saturated rings. The minimum atomic E-state index is -0.349. The van der Waals surface area contributed by atoms with Crippen molar-refractivity contribution in [2.24, 2.45) is 5.92 Å². The second kappa shape index (κ2) is 10.9. The smallest absolute Gasteiger partial charge is 0.257 e. The van der Waals surface area contributed by atoms with E-state index in [1.54, 1.807) is 6.07 Å². The van der Waals surface area contributed by atoms with Crippen LogP contribution in [0.1, 0.15) is 55.7 Å². The largest absolute Gasteiger partial charge is 0.494 e. The quantitative estimate of drug-likeness (QED) is 0.399. The molecule has 0 spiro atoms. The molecule has 0 aliphatic carbocycles. The predicted octanol–water partition coefficient (Wildman–Crippen LogP) is 5.84. The number of ether oxygens (including phenoxy) is 2. The topological polar surface area (TPSA) is 57.8 Å². The number of halogens is 1. The molecule has 3 aromatic rings. The van der Waals surface area contributed by atoms with Gasteiger partial charge in [0.05, 0.1) is 19.8 Å². The van der Waals surface area contributed by atoms with E-state index < -0.39 is 0 Å². The summed E-state index contributed by atoms with van der Waals surface area (Å²) in [5.74, 6) is 0.634. The summed E-state index contributed by atoms with van der Waals surface area (Å²) in [7, 11) is 0. The maximum absolute atomic E-state index is 14.0. The highest BCUT2D eigenvalue weighted by Crippen LogP contribution is 2.42. The number of carbonyl (C=O) groups is 1. The molecule has 2 aromatic carbocycles. The minimum absolute atomic E-state index is 0.0457. The Morgan fingerprint density at radius 1 is 1.13 bits per heavy atom. The van der Waals surface area contributed by atoms with Crippen molar-refractivity contribution in [1.29, 1.82) is 0 Å². The monoisotopic (exact) mass is 519 g/mol. The summed E-state index contributed by atoms with van der Waals surface area (Å²) in [4.78, 5) is 21.4. The Morgan fingerprint density at radius 3 is 2.58 bits per heavy atom. The Labute approximate surface area is 224 Å². The Balaban J connectivity index is 1.32. The standard InChI is InChI=1S/C31H38FN3O3/c1-21(2)26-19-35(20-31(3,4)28-25-11-8-23(32)18-27(25)33-29(26)28)30(36)22-6-9-24(10-7-22)38-15-5-12-34-13-16-37-17-14-34/h6-11,18-19,21,33H,5,12-17,20H2,1-4H3. The summed E-state index contributed by atoms with van der Waals surface area (Å²) in [5.41, 5.74) is 4.21. The molecule has 1 amide bonds. The SMILES string of the molecule is CC(C)C1=CN(C(=O)c2ccc(OCCCN3CCOCC3)cc2)CC(C)(C)c2c1[nH]c1cc(F)ccc21. The van der Waals surface area contributed by atoms with Crippen LogP contribution >= 0.6 is 0 Å². The summed E-state index contributed by atoms with van der Waals surface area (Å²) in [6, 6.07) is 12.3. The summed E-state index contributed by atoms with van der Waals surface area (Å²) in [6.45, 7) is 14.3. The number of fused-ring (bicyclic) bond motifs is 3. The first-order chi connectivity index (χ1) is 18.2. The summed E-state index contributed by atoms with van der Waals surface area (Å²) in [6.07, 6.45) is 2.93. The fourth-order valence-electron chi connectivity index (χ4n) is 5.60. The van der Waals surface area contributed by atoms with Crippen LogP contribution in [0.15, 0.2) is 48.7 Å².